The van der Waals surface area contributed by atoms with E-state index in [9.17, 15) is 22.8 Å². The highest BCUT2D eigenvalue weighted by molar-refractivity contribution is 5.92. The van der Waals surface area contributed by atoms with E-state index in [0.29, 0.717) is 50.6 Å². The Bertz CT molecular complexity index is 738. The summed E-state index contributed by atoms with van der Waals surface area (Å²) in [6.45, 7) is 0.782. The van der Waals surface area contributed by atoms with E-state index in [1.165, 1.54) is 0 Å². The van der Waals surface area contributed by atoms with Crippen LogP contribution in [0.5, 0.6) is 0 Å². The van der Waals surface area contributed by atoms with Crippen LogP contribution in [-0.4, -0.2) is 88.2 Å². The lowest BCUT2D eigenvalue weighted by molar-refractivity contribution is -0.168. The van der Waals surface area contributed by atoms with E-state index in [0.717, 1.165) is 23.4 Å². The number of carbonyl (C=O) groups excluding carboxylic acids is 2. The molecule has 2 amide bonds. The number of carbonyl (C=O) groups is 2. The van der Waals surface area contributed by atoms with E-state index in [1.54, 1.807) is 4.90 Å². The van der Waals surface area contributed by atoms with Gasteiger partial charge in [-0.3, -0.25) is 19.6 Å². The Morgan fingerprint density at radius 3 is 2.50 bits per heavy atom. The second-order valence-electron chi connectivity index (χ2n) is 7.84. The molecule has 1 saturated carbocycles. The maximum absolute atomic E-state index is 12.7. The molecule has 2 saturated heterocycles. The van der Waals surface area contributed by atoms with Crippen molar-refractivity contribution >= 4 is 11.8 Å². The number of aromatic amines is 1. The molecule has 1 aromatic heterocycles. The van der Waals surface area contributed by atoms with Gasteiger partial charge in [0.15, 0.2) is 0 Å². The Morgan fingerprint density at radius 1 is 1.14 bits per heavy atom. The summed E-state index contributed by atoms with van der Waals surface area (Å²) >= 11 is 0. The summed E-state index contributed by atoms with van der Waals surface area (Å²) in [7, 11) is 0. The van der Waals surface area contributed by atoms with E-state index < -0.39 is 24.7 Å². The molecule has 3 fully saturated rings. The highest BCUT2D eigenvalue weighted by Gasteiger charge is 2.40. The zero-order valence-corrected chi connectivity index (χ0v) is 15.5. The zero-order valence-electron chi connectivity index (χ0n) is 15.5. The summed E-state index contributed by atoms with van der Waals surface area (Å²) in [6, 6.07) is 1.28. The molecule has 3 heterocycles. The third-order valence-electron chi connectivity index (χ3n) is 5.75. The van der Waals surface area contributed by atoms with Gasteiger partial charge in [0.1, 0.15) is 12.2 Å². The molecule has 7 nitrogen and oxygen atoms in total. The Morgan fingerprint density at radius 2 is 1.86 bits per heavy atom. The van der Waals surface area contributed by atoms with E-state index in [4.69, 9.17) is 0 Å². The first kappa shape index (κ1) is 19.2. The van der Waals surface area contributed by atoms with Crippen molar-refractivity contribution in [2.75, 3.05) is 39.3 Å². The molecule has 4 rings (SSSR count). The molecule has 0 aromatic carbocycles. The van der Waals surface area contributed by atoms with Gasteiger partial charge in [-0.05, 0) is 31.7 Å². The van der Waals surface area contributed by atoms with Crippen LogP contribution in [0.15, 0.2) is 6.07 Å². The van der Waals surface area contributed by atoms with Gasteiger partial charge in [0, 0.05) is 44.3 Å². The largest absolute Gasteiger partial charge is 0.406 e. The van der Waals surface area contributed by atoms with Crippen molar-refractivity contribution < 1.29 is 22.8 Å². The molecule has 0 radical (unpaired) electrons. The second kappa shape index (κ2) is 7.38. The third kappa shape index (κ3) is 4.16. The SMILES string of the molecule is O=C(c1cc(C2CC2)[nH]n1)N1CCN(C2CCCN(CC(F)(F)F)C2=O)CC1. The summed E-state index contributed by atoms with van der Waals surface area (Å²) in [5.74, 6) is -0.107. The van der Waals surface area contributed by atoms with Crippen molar-refractivity contribution in [3.05, 3.63) is 17.5 Å². The van der Waals surface area contributed by atoms with Crippen molar-refractivity contribution in [1.29, 1.82) is 0 Å². The molecule has 10 heteroatoms. The first-order chi connectivity index (χ1) is 13.3. The fourth-order valence-electron chi connectivity index (χ4n) is 4.08. The van der Waals surface area contributed by atoms with Crippen molar-refractivity contribution in [3.8, 4) is 0 Å². The molecule has 1 aromatic rings. The quantitative estimate of drug-likeness (QED) is 0.835. The van der Waals surface area contributed by atoms with Crippen LogP contribution in [0, 0.1) is 0 Å². The number of aromatic nitrogens is 2. The smallest absolute Gasteiger partial charge is 0.335 e. The first-order valence-electron chi connectivity index (χ1n) is 9.76. The van der Waals surface area contributed by atoms with E-state index in [-0.39, 0.29) is 12.5 Å². The summed E-state index contributed by atoms with van der Waals surface area (Å²) in [5, 5.41) is 7.05. The lowest BCUT2D eigenvalue weighted by Gasteiger charge is -2.42. The second-order valence-corrected chi connectivity index (χ2v) is 7.84. The zero-order chi connectivity index (χ0) is 19.9. The average Bonchev–Trinajstić information content (AvgIpc) is 3.39. The normalized spacial score (nSPS) is 24.7. The number of hydrogen-bond acceptors (Lipinski definition) is 4. The molecule has 28 heavy (non-hydrogen) atoms. The maximum atomic E-state index is 12.7. The number of amides is 2. The van der Waals surface area contributed by atoms with Crippen LogP contribution in [0.1, 0.15) is 47.8 Å². The number of hydrogen-bond donors (Lipinski definition) is 1. The first-order valence-corrected chi connectivity index (χ1v) is 9.76. The molecular weight excluding hydrogens is 375 g/mol. The average molecular weight is 399 g/mol. The van der Waals surface area contributed by atoms with Crippen LogP contribution in [-0.2, 0) is 4.79 Å². The van der Waals surface area contributed by atoms with Crippen molar-refractivity contribution in [1.82, 2.24) is 24.9 Å². The Hall–Kier alpha value is -2.10. The van der Waals surface area contributed by atoms with Crippen LogP contribution >= 0.6 is 0 Å². The topological polar surface area (TPSA) is 72.5 Å². The molecular formula is C18H24F3N5O2. The molecule has 0 spiro atoms. The highest BCUT2D eigenvalue weighted by atomic mass is 19.4. The fourth-order valence-corrected chi connectivity index (χ4v) is 4.08. The van der Waals surface area contributed by atoms with Gasteiger partial charge in [0.05, 0.1) is 6.04 Å². The van der Waals surface area contributed by atoms with Gasteiger partial charge in [-0.25, -0.2) is 0 Å². The summed E-state index contributed by atoms with van der Waals surface area (Å²) < 4.78 is 38.0. The Balaban J connectivity index is 1.32. The molecule has 1 aliphatic carbocycles. The number of nitrogens with one attached hydrogen (secondary N) is 1. The third-order valence-corrected chi connectivity index (χ3v) is 5.75. The van der Waals surface area contributed by atoms with Gasteiger partial charge in [-0.2, -0.15) is 18.3 Å². The molecule has 2 aliphatic heterocycles. The predicted molar refractivity (Wildman–Crippen MR) is 93.7 cm³/mol. The molecule has 154 valence electrons. The fraction of sp³-hybridized carbons (Fsp3) is 0.722. The number of nitrogens with zero attached hydrogens (tertiary/aromatic N) is 4. The van der Waals surface area contributed by atoms with Gasteiger partial charge in [-0.15, -0.1) is 0 Å². The highest BCUT2D eigenvalue weighted by Crippen LogP contribution is 2.39. The van der Waals surface area contributed by atoms with Crippen molar-refractivity contribution in [2.45, 2.75) is 43.8 Å². The number of H-pyrrole nitrogens is 1. The Labute approximate surface area is 160 Å². The monoisotopic (exact) mass is 399 g/mol. The number of piperidine rings is 1. The minimum atomic E-state index is -4.38. The predicted octanol–water partition coefficient (Wildman–Crippen LogP) is 1.60. The minimum Gasteiger partial charge on any atom is -0.335 e. The van der Waals surface area contributed by atoms with E-state index in [2.05, 4.69) is 10.2 Å². The van der Waals surface area contributed by atoms with Crippen molar-refractivity contribution in [3.63, 3.8) is 0 Å². The standard InChI is InChI=1S/C18H24F3N5O2/c19-18(20,21)11-26-5-1-2-15(17(26)28)24-6-8-25(9-7-24)16(27)14-10-13(22-23-14)12-3-4-12/h10,12,15H,1-9,11H2,(H,22,23). The Kier molecular flexibility index (Phi) is 5.07. The van der Waals surface area contributed by atoms with E-state index in [1.807, 2.05) is 11.0 Å². The molecule has 3 aliphatic rings. The summed E-state index contributed by atoms with van der Waals surface area (Å²) in [5.41, 5.74) is 1.40. The number of likely N-dealkylation sites (tertiary alicyclic amines) is 1. The van der Waals surface area contributed by atoms with Gasteiger partial charge in [-0.1, -0.05) is 0 Å². The number of rotatable bonds is 4. The summed E-state index contributed by atoms with van der Waals surface area (Å²) in [6.07, 6.45) is -1.02. The number of halogens is 3. The van der Waals surface area contributed by atoms with Crippen LogP contribution < -0.4 is 0 Å². The van der Waals surface area contributed by atoms with Crippen LogP contribution in [0.3, 0.4) is 0 Å². The van der Waals surface area contributed by atoms with Crippen LogP contribution in [0.25, 0.3) is 0 Å². The molecule has 1 unspecified atom stereocenters. The molecule has 0 bridgehead atoms. The van der Waals surface area contributed by atoms with Gasteiger partial charge in [0.2, 0.25) is 5.91 Å². The van der Waals surface area contributed by atoms with E-state index >= 15 is 0 Å². The van der Waals surface area contributed by atoms with Gasteiger partial charge in [0.25, 0.3) is 5.91 Å². The molecule has 1 atom stereocenters. The number of alkyl halides is 3. The maximum Gasteiger partial charge on any atom is 0.406 e. The van der Waals surface area contributed by atoms with Crippen LogP contribution in [0.2, 0.25) is 0 Å². The van der Waals surface area contributed by atoms with Crippen LogP contribution in [0.4, 0.5) is 13.2 Å². The lowest BCUT2D eigenvalue weighted by atomic mass is 10.0. The minimum absolute atomic E-state index is 0.142. The van der Waals surface area contributed by atoms with Gasteiger partial charge >= 0.3 is 6.18 Å². The summed E-state index contributed by atoms with van der Waals surface area (Å²) in [4.78, 5) is 29.7. The van der Waals surface area contributed by atoms with Crippen molar-refractivity contribution in [2.24, 2.45) is 0 Å². The van der Waals surface area contributed by atoms with Gasteiger partial charge < -0.3 is 9.80 Å². The number of piperazine rings is 1. The molecule has 1 N–H and O–H groups in total. The lowest BCUT2D eigenvalue weighted by Crippen LogP contribution is -2.59.